The van der Waals surface area contributed by atoms with Crippen LogP contribution in [0.5, 0.6) is 0 Å². The van der Waals surface area contributed by atoms with Crippen molar-refractivity contribution in [3.05, 3.63) is 18.2 Å². The van der Waals surface area contributed by atoms with Gasteiger partial charge in [0.15, 0.2) is 0 Å². The number of carbonyl (C=O) groups excluding carboxylic acids is 2. The zero-order chi connectivity index (χ0) is 18.2. The Bertz CT molecular complexity index is 659. The maximum absolute atomic E-state index is 12.7. The number of hydrogen-bond donors (Lipinski definition) is 1. The van der Waals surface area contributed by atoms with Crippen molar-refractivity contribution in [2.24, 2.45) is 5.92 Å². The number of carbonyl (C=O) groups is 2. The van der Waals surface area contributed by atoms with Gasteiger partial charge in [-0.15, -0.1) is 0 Å². The van der Waals surface area contributed by atoms with E-state index < -0.39 is 5.54 Å². The third kappa shape index (κ3) is 3.17. The summed E-state index contributed by atoms with van der Waals surface area (Å²) in [6.07, 6.45) is 5.89. The SMILES string of the molecule is CCc1nccn1CC(=O)N1CC[C@H]2[C@H](C1)C[C@](C)(CO)N2C(C)=O. The van der Waals surface area contributed by atoms with Crippen LogP contribution < -0.4 is 0 Å². The number of imidazole rings is 1. The average Bonchev–Trinajstić information content (AvgIpc) is 3.14. The summed E-state index contributed by atoms with van der Waals surface area (Å²) in [5.74, 6) is 1.25. The Hall–Kier alpha value is -1.89. The molecule has 0 unspecified atom stereocenters. The molecule has 0 radical (unpaired) electrons. The van der Waals surface area contributed by atoms with Gasteiger partial charge in [0.2, 0.25) is 11.8 Å². The first kappa shape index (κ1) is 17.9. The second-order valence-corrected chi connectivity index (χ2v) is 7.53. The Balaban J connectivity index is 1.69. The lowest BCUT2D eigenvalue weighted by molar-refractivity contribution is -0.138. The number of fused-ring (bicyclic) bond motifs is 1. The van der Waals surface area contributed by atoms with Crippen LogP contribution in [0.1, 0.15) is 39.4 Å². The molecule has 2 saturated heterocycles. The molecule has 0 aromatic carbocycles. The fraction of sp³-hybridized carbons (Fsp3) is 0.722. The van der Waals surface area contributed by atoms with Crippen LogP contribution >= 0.6 is 0 Å². The molecule has 3 rings (SSSR count). The molecular weight excluding hydrogens is 320 g/mol. The third-order valence-corrected chi connectivity index (χ3v) is 5.77. The van der Waals surface area contributed by atoms with Crippen LogP contribution in [0.15, 0.2) is 12.4 Å². The van der Waals surface area contributed by atoms with E-state index in [4.69, 9.17) is 0 Å². The van der Waals surface area contributed by atoms with Gasteiger partial charge in [-0.05, 0) is 25.7 Å². The van der Waals surface area contributed by atoms with Crippen molar-refractivity contribution in [1.29, 1.82) is 0 Å². The number of hydrogen-bond acceptors (Lipinski definition) is 4. The summed E-state index contributed by atoms with van der Waals surface area (Å²) in [5.41, 5.74) is -0.514. The van der Waals surface area contributed by atoms with Gasteiger partial charge in [-0.25, -0.2) is 4.98 Å². The van der Waals surface area contributed by atoms with E-state index in [1.54, 1.807) is 13.1 Å². The van der Waals surface area contributed by atoms with Crippen molar-refractivity contribution in [3.8, 4) is 0 Å². The Kier molecular flexibility index (Phi) is 4.86. The van der Waals surface area contributed by atoms with Crippen molar-refractivity contribution >= 4 is 11.8 Å². The highest BCUT2D eigenvalue weighted by Crippen LogP contribution is 2.41. The van der Waals surface area contributed by atoms with Gasteiger partial charge >= 0.3 is 0 Å². The first-order valence-electron chi connectivity index (χ1n) is 9.08. The Morgan fingerprint density at radius 2 is 2.20 bits per heavy atom. The molecule has 2 amide bonds. The number of likely N-dealkylation sites (tertiary alicyclic amines) is 2. The molecule has 0 aliphatic carbocycles. The van der Waals surface area contributed by atoms with E-state index in [1.807, 2.05) is 34.4 Å². The van der Waals surface area contributed by atoms with E-state index in [0.29, 0.717) is 19.6 Å². The Labute approximate surface area is 148 Å². The zero-order valence-electron chi connectivity index (χ0n) is 15.3. The number of aliphatic hydroxyl groups excluding tert-OH is 1. The molecule has 2 aliphatic rings. The standard InChI is InChI=1S/C18H28N4O3/c1-4-16-19-6-8-20(16)11-17(25)21-7-5-15-14(10-21)9-18(3,12-23)22(15)13(2)24/h6,8,14-15,23H,4-5,7,9-12H2,1-3H3/t14-,15-,18+/m0/s1. The Morgan fingerprint density at radius 3 is 2.84 bits per heavy atom. The van der Waals surface area contributed by atoms with E-state index in [2.05, 4.69) is 4.98 Å². The van der Waals surface area contributed by atoms with Crippen LogP contribution in [-0.4, -0.2) is 67.5 Å². The van der Waals surface area contributed by atoms with Gasteiger partial charge in [0.05, 0.1) is 12.1 Å². The number of amides is 2. The summed E-state index contributed by atoms with van der Waals surface area (Å²) in [4.78, 5) is 32.8. The molecule has 0 bridgehead atoms. The highest BCUT2D eigenvalue weighted by molar-refractivity contribution is 5.77. The van der Waals surface area contributed by atoms with Gasteiger partial charge in [-0.2, -0.15) is 0 Å². The molecule has 3 atom stereocenters. The van der Waals surface area contributed by atoms with E-state index >= 15 is 0 Å². The minimum atomic E-state index is -0.514. The van der Waals surface area contributed by atoms with Gasteiger partial charge in [0.25, 0.3) is 0 Å². The van der Waals surface area contributed by atoms with E-state index in [9.17, 15) is 14.7 Å². The van der Waals surface area contributed by atoms with Gasteiger partial charge in [-0.1, -0.05) is 6.92 Å². The lowest BCUT2D eigenvalue weighted by Gasteiger charge is -2.40. The number of nitrogens with zero attached hydrogens (tertiary/aromatic N) is 4. The summed E-state index contributed by atoms with van der Waals surface area (Å²) < 4.78 is 1.91. The largest absolute Gasteiger partial charge is 0.394 e. The number of aromatic nitrogens is 2. The van der Waals surface area contributed by atoms with Crippen LogP contribution in [0.4, 0.5) is 0 Å². The molecule has 0 spiro atoms. The summed E-state index contributed by atoms with van der Waals surface area (Å²) >= 11 is 0. The summed E-state index contributed by atoms with van der Waals surface area (Å²) in [6.45, 7) is 7.12. The zero-order valence-corrected chi connectivity index (χ0v) is 15.3. The maximum atomic E-state index is 12.7. The molecule has 1 aromatic rings. The predicted octanol–water partition coefficient (Wildman–Crippen LogP) is 0.666. The smallest absolute Gasteiger partial charge is 0.242 e. The first-order valence-corrected chi connectivity index (χ1v) is 9.08. The summed E-state index contributed by atoms with van der Waals surface area (Å²) in [6, 6.07) is 0.123. The van der Waals surface area contributed by atoms with Gasteiger partial charge in [0, 0.05) is 44.9 Å². The lowest BCUT2D eigenvalue weighted by atomic mass is 9.89. The molecular formula is C18H28N4O3. The molecule has 1 N–H and O–H groups in total. The fourth-order valence-corrected chi connectivity index (χ4v) is 4.65. The minimum absolute atomic E-state index is 0.00910. The number of aliphatic hydroxyl groups is 1. The van der Waals surface area contributed by atoms with Crippen molar-refractivity contribution in [3.63, 3.8) is 0 Å². The van der Waals surface area contributed by atoms with Gasteiger partial charge < -0.3 is 19.5 Å². The topological polar surface area (TPSA) is 78.7 Å². The second-order valence-electron chi connectivity index (χ2n) is 7.53. The normalized spacial score (nSPS) is 29.0. The summed E-state index contributed by atoms with van der Waals surface area (Å²) in [5, 5.41) is 9.81. The third-order valence-electron chi connectivity index (χ3n) is 5.77. The van der Waals surface area contributed by atoms with Crippen molar-refractivity contribution in [2.45, 2.75) is 58.2 Å². The fourth-order valence-electron chi connectivity index (χ4n) is 4.65. The predicted molar refractivity (Wildman–Crippen MR) is 92.7 cm³/mol. The molecule has 138 valence electrons. The highest BCUT2D eigenvalue weighted by atomic mass is 16.3. The van der Waals surface area contributed by atoms with Crippen molar-refractivity contribution in [1.82, 2.24) is 19.4 Å². The van der Waals surface area contributed by atoms with Gasteiger partial charge in [0.1, 0.15) is 12.4 Å². The van der Waals surface area contributed by atoms with Crippen molar-refractivity contribution < 1.29 is 14.7 Å². The molecule has 2 aliphatic heterocycles. The Morgan fingerprint density at radius 1 is 1.44 bits per heavy atom. The first-order chi connectivity index (χ1) is 11.9. The number of rotatable bonds is 4. The monoisotopic (exact) mass is 348 g/mol. The van der Waals surface area contributed by atoms with Crippen molar-refractivity contribution in [2.75, 3.05) is 19.7 Å². The second kappa shape index (κ2) is 6.78. The summed E-state index contributed by atoms with van der Waals surface area (Å²) in [7, 11) is 0. The molecule has 2 fully saturated rings. The van der Waals surface area contributed by atoms with Crippen LogP contribution in [0.25, 0.3) is 0 Å². The molecule has 3 heterocycles. The van der Waals surface area contributed by atoms with Crippen LogP contribution in [0.2, 0.25) is 0 Å². The average molecular weight is 348 g/mol. The van der Waals surface area contributed by atoms with Crippen LogP contribution in [0, 0.1) is 5.92 Å². The highest BCUT2D eigenvalue weighted by Gasteiger charge is 2.51. The molecule has 7 nitrogen and oxygen atoms in total. The molecule has 0 saturated carbocycles. The van der Waals surface area contributed by atoms with E-state index in [1.165, 1.54) is 0 Å². The lowest BCUT2D eigenvalue weighted by Crippen LogP contribution is -2.53. The van der Waals surface area contributed by atoms with Crippen LogP contribution in [-0.2, 0) is 22.6 Å². The molecule has 1 aromatic heterocycles. The molecule has 7 heteroatoms. The van der Waals surface area contributed by atoms with Gasteiger partial charge in [-0.3, -0.25) is 9.59 Å². The van der Waals surface area contributed by atoms with E-state index in [0.717, 1.165) is 25.1 Å². The molecule has 25 heavy (non-hydrogen) atoms. The quantitative estimate of drug-likeness (QED) is 0.867. The van der Waals surface area contributed by atoms with E-state index in [-0.39, 0.29) is 30.4 Å². The van der Waals surface area contributed by atoms with Crippen LogP contribution in [0.3, 0.4) is 0 Å². The number of piperidine rings is 1. The minimum Gasteiger partial charge on any atom is -0.394 e. The maximum Gasteiger partial charge on any atom is 0.242 e. The number of aryl methyl sites for hydroxylation is 1.